The first-order valence-corrected chi connectivity index (χ1v) is 17.8. The van der Waals surface area contributed by atoms with E-state index in [1.54, 1.807) is 0 Å². The molecule has 7 aromatic carbocycles. The van der Waals surface area contributed by atoms with Gasteiger partial charge in [-0.2, -0.15) is 0 Å². The number of fused-ring (bicyclic) bond motifs is 7. The van der Waals surface area contributed by atoms with Crippen LogP contribution >= 0.6 is 0 Å². The molecule has 0 atom stereocenters. The van der Waals surface area contributed by atoms with E-state index in [0.717, 1.165) is 27.9 Å². The summed E-state index contributed by atoms with van der Waals surface area (Å²) in [5.74, 6) is 1.94. The third-order valence-corrected chi connectivity index (χ3v) is 10.6. The van der Waals surface area contributed by atoms with Gasteiger partial charge < -0.3 is 4.57 Å². The predicted octanol–water partition coefficient (Wildman–Crippen LogP) is 11.9. The molecule has 0 unspecified atom stereocenters. The van der Waals surface area contributed by atoms with Gasteiger partial charge in [0.25, 0.3) is 0 Å². The van der Waals surface area contributed by atoms with E-state index in [0.29, 0.717) is 17.5 Å². The third kappa shape index (κ3) is 4.72. The van der Waals surface area contributed by atoms with Crippen molar-refractivity contribution in [2.24, 2.45) is 0 Å². The highest BCUT2D eigenvalue weighted by Crippen LogP contribution is 2.53. The number of nitrogens with zero attached hydrogens (tertiary/aromatic N) is 4. The number of benzene rings is 7. The van der Waals surface area contributed by atoms with Gasteiger partial charge in [0.05, 0.1) is 11.0 Å². The molecule has 2 heterocycles. The summed E-state index contributed by atoms with van der Waals surface area (Å²) in [7, 11) is 0. The molecule has 0 saturated carbocycles. The minimum absolute atomic E-state index is 0.194. The van der Waals surface area contributed by atoms with Gasteiger partial charge in [-0.25, -0.2) is 15.0 Å². The second kappa shape index (κ2) is 11.7. The van der Waals surface area contributed by atoms with E-state index in [-0.39, 0.29) is 5.41 Å². The number of aromatic nitrogens is 4. The molecule has 9 aromatic rings. The first-order valence-electron chi connectivity index (χ1n) is 17.8. The van der Waals surface area contributed by atoms with Crippen molar-refractivity contribution in [2.45, 2.75) is 19.3 Å². The molecular weight excluding hydrogens is 633 g/mol. The van der Waals surface area contributed by atoms with Crippen LogP contribution in [0.15, 0.2) is 170 Å². The van der Waals surface area contributed by atoms with Crippen LogP contribution in [0.2, 0.25) is 0 Å². The molecule has 0 saturated heterocycles. The van der Waals surface area contributed by atoms with E-state index in [4.69, 9.17) is 15.0 Å². The van der Waals surface area contributed by atoms with E-state index in [2.05, 4.69) is 128 Å². The molecule has 2 aromatic heterocycles. The Bertz CT molecular complexity index is 2740. The van der Waals surface area contributed by atoms with E-state index < -0.39 is 0 Å². The number of hydrogen-bond acceptors (Lipinski definition) is 3. The summed E-state index contributed by atoms with van der Waals surface area (Å²) >= 11 is 0. The Kier molecular flexibility index (Phi) is 6.80. The van der Waals surface area contributed by atoms with Crippen LogP contribution in [0.25, 0.3) is 83.9 Å². The van der Waals surface area contributed by atoms with Gasteiger partial charge in [-0.15, -0.1) is 0 Å². The van der Waals surface area contributed by atoms with Crippen LogP contribution in [0, 0.1) is 0 Å². The van der Waals surface area contributed by atoms with Crippen LogP contribution < -0.4 is 0 Å². The molecule has 1 aliphatic carbocycles. The highest BCUT2D eigenvalue weighted by Gasteiger charge is 2.38. The molecule has 246 valence electrons. The lowest BCUT2D eigenvalue weighted by molar-refractivity contribution is 0.664. The Morgan fingerprint density at radius 3 is 1.67 bits per heavy atom. The molecule has 0 N–H and O–H groups in total. The monoisotopic (exact) mass is 666 g/mol. The van der Waals surface area contributed by atoms with Crippen LogP contribution in [-0.4, -0.2) is 19.5 Å². The van der Waals surface area contributed by atoms with Crippen LogP contribution in [0.5, 0.6) is 0 Å². The Labute approximate surface area is 302 Å². The third-order valence-electron chi connectivity index (χ3n) is 10.6. The molecule has 1 aliphatic rings. The Balaban J connectivity index is 1.23. The predicted molar refractivity (Wildman–Crippen MR) is 213 cm³/mol. The number of hydrogen-bond donors (Lipinski definition) is 0. The van der Waals surface area contributed by atoms with Crippen LogP contribution in [0.3, 0.4) is 0 Å². The van der Waals surface area contributed by atoms with Gasteiger partial charge in [-0.3, -0.25) is 0 Å². The first-order chi connectivity index (χ1) is 25.5. The second-order valence-electron chi connectivity index (χ2n) is 14.1. The summed E-state index contributed by atoms with van der Waals surface area (Å²) < 4.78 is 2.47. The van der Waals surface area contributed by atoms with Crippen LogP contribution in [0.4, 0.5) is 0 Å². The number of rotatable bonds is 5. The highest BCUT2D eigenvalue weighted by molar-refractivity contribution is 6.14. The van der Waals surface area contributed by atoms with Crippen LogP contribution in [0.1, 0.15) is 25.0 Å². The summed E-state index contributed by atoms with van der Waals surface area (Å²) in [6.45, 7) is 4.73. The second-order valence-corrected chi connectivity index (χ2v) is 14.1. The zero-order valence-corrected chi connectivity index (χ0v) is 29.0. The van der Waals surface area contributed by atoms with Crippen molar-refractivity contribution in [1.82, 2.24) is 19.5 Å². The van der Waals surface area contributed by atoms with Crippen molar-refractivity contribution in [1.29, 1.82) is 0 Å². The van der Waals surface area contributed by atoms with Crippen molar-refractivity contribution in [3.63, 3.8) is 0 Å². The van der Waals surface area contributed by atoms with Gasteiger partial charge in [-0.05, 0) is 57.6 Å². The lowest BCUT2D eigenvalue weighted by Crippen LogP contribution is -2.16. The van der Waals surface area contributed by atoms with E-state index in [1.165, 1.54) is 49.7 Å². The molecule has 4 nitrogen and oxygen atoms in total. The molecule has 52 heavy (non-hydrogen) atoms. The van der Waals surface area contributed by atoms with E-state index in [1.807, 2.05) is 60.7 Å². The SMILES string of the molecule is CC1(C)c2ccccc2-c2ccc3c4cc(-c5ccccc5)ccc4n(-c4cccc(-c5nc(-c6ccccc6)nc(-c6ccccc6)n5)c4)c3c21. The molecule has 10 rings (SSSR count). The molecule has 0 radical (unpaired) electrons. The average molecular weight is 667 g/mol. The zero-order chi connectivity index (χ0) is 34.8. The molecule has 0 fully saturated rings. The van der Waals surface area contributed by atoms with Crippen molar-refractivity contribution in [3.8, 4) is 62.1 Å². The summed E-state index contributed by atoms with van der Waals surface area (Å²) in [6, 6.07) is 60.1. The van der Waals surface area contributed by atoms with Gasteiger partial charge in [0.2, 0.25) is 0 Å². The van der Waals surface area contributed by atoms with E-state index >= 15 is 0 Å². The molecule has 0 bridgehead atoms. The summed E-state index contributed by atoms with van der Waals surface area (Å²) in [5.41, 5.74) is 13.8. The highest BCUT2D eigenvalue weighted by atomic mass is 15.0. The molecule has 0 amide bonds. The normalized spacial score (nSPS) is 13.0. The van der Waals surface area contributed by atoms with Crippen molar-refractivity contribution in [3.05, 3.63) is 181 Å². The summed E-state index contributed by atoms with van der Waals surface area (Å²) in [4.78, 5) is 15.1. The average Bonchev–Trinajstić information content (AvgIpc) is 3.66. The summed E-state index contributed by atoms with van der Waals surface area (Å²) in [6.07, 6.45) is 0. The lowest BCUT2D eigenvalue weighted by Gasteiger charge is -2.23. The van der Waals surface area contributed by atoms with Gasteiger partial charge in [-0.1, -0.05) is 159 Å². The summed E-state index contributed by atoms with van der Waals surface area (Å²) in [5, 5.41) is 2.48. The van der Waals surface area contributed by atoms with Crippen LogP contribution in [-0.2, 0) is 5.41 Å². The maximum absolute atomic E-state index is 5.07. The molecule has 0 spiro atoms. The largest absolute Gasteiger partial charge is 0.309 e. The topological polar surface area (TPSA) is 43.6 Å². The van der Waals surface area contributed by atoms with Gasteiger partial charge in [0.1, 0.15) is 0 Å². The molecule has 0 aliphatic heterocycles. The minimum atomic E-state index is -0.194. The minimum Gasteiger partial charge on any atom is -0.309 e. The van der Waals surface area contributed by atoms with Gasteiger partial charge in [0, 0.05) is 38.6 Å². The molecule has 4 heteroatoms. The molecular formula is C48H34N4. The first kappa shape index (κ1) is 30.2. The fraction of sp³-hybridized carbons (Fsp3) is 0.0625. The maximum atomic E-state index is 5.07. The standard InChI is InChI=1S/C48H34N4/c1-48(2)41-24-13-12-23-37(41)38-26-27-39-40-30-34(31-15-6-3-7-16-31)25-28-42(40)52(44(39)43(38)48)36-22-14-21-35(29-36)47-50-45(32-17-8-4-9-18-32)49-46(51-47)33-19-10-5-11-20-33/h3-30H,1-2H3. The van der Waals surface area contributed by atoms with Gasteiger partial charge in [0.15, 0.2) is 17.5 Å². The Morgan fingerprint density at radius 2 is 1.00 bits per heavy atom. The zero-order valence-electron chi connectivity index (χ0n) is 29.0. The fourth-order valence-electron chi connectivity index (χ4n) is 8.16. The van der Waals surface area contributed by atoms with Gasteiger partial charge >= 0.3 is 0 Å². The Morgan fingerprint density at radius 1 is 0.423 bits per heavy atom. The Hall–Kier alpha value is -6.65. The maximum Gasteiger partial charge on any atom is 0.164 e. The van der Waals surface area contributed by atoms with Crippen molar-refractivity contribution in [2.75, 3.05) is 0 Å². The van der Waals surface area contributed by atoms with E-state index in [9.17, 15) is 0 Å². The fourth-order valence-corrected chi connectivity index (χ4v) is 8.16. The van der Waals surface area contributed by atoms with Crippen molar-refractivity contribution < 1.29 is 0 Å². The smallest absolute Gasteiger partial charge is 0.164 e. The lowest BCUT2D eigenvalue weighted by atomic mass is 9.81. The quantitative estimate of drug-likeness (QED) is 0.184. The van der Waals surface area contributed by atoms with Crippen molar-refractivity contribution >= 4 is 21.8 Å².